The third-order valence-corrected chi connectivity index (χ3v) is 3.01. The second-order valence-electron chi connectivity index (χ2n) is 4.26. The van der Waals surface area contributed by atoms with Gasteiger partial charge in [0.1, 0.15) is 12.2 Å². The van der Waals surface area contributed by atoms with E-state index in [2.05, 4.69) is 0 Å². The van der Waals surface area contributed by atoms with E-state index < -0.39 is 12.3 Å². The molecule has 2 heterocycles. The summed E-state index contributed by atoms with van der Waals surface area (Å²) in [4.78, 5) is 21.4. The van der Waals surface area contributed by atoms with Gasteiger partial charge in [-0.05, 0) is 11.6 Å². The van der Waals surface area contributed by atoms with Crippen LogP contribution < -0.4 is 0 Å². The van der Waals surface area contributed by atoms with Crippen molar-refractivity contribution in [2.75, 3.05) is 6.61 Å². The fraction of sp³-hybridized carbons (Fsp3) is 0.214. The molecular formula is C14H12O5. The maximum Gasteiger partial charge on any atom is 0.344 e. The summed E-state index contributed by atoms with van der Waals surface area (Å²) in [6, 6.07) is 9.53. The number of benzene rings is 1. The Morgan fingerprint density at radius 3 is 2.74 bits per heavy atom. The number of hydrogen-bond donors (Lipinski definition) is 1. The number of aliphatic hydroxyl groups is 1. The third-order valence-electron chi connectivity index (χ3n) is 3.01. The second kappa shape index (κ2) is 4.87. The number of carbonyl (C=O) groups excluding carboxylic acids is 1. The molecule has 1 aromatic rings. The standard InChI is InChI=1S/C14H12O5/c15-13-10(8-9-4-2-1-3-5-9)12(14(16)18-13)11-6-7-17-19-11/h1-6,13,15H,7-8H2. The molecule has 0 aromatic heterocycles. The molecule has 0 amide bonds. The lowest BCUT2D eigenvalue weighted by atomic mass is 10.00. The Balaban J connectivity index is 1.96. The van der Waals surface area contributed by atoms with Crippen LogP contribution >= 0.6 is 0 Å². The van der Waals surface area contributed by atoms with Crippen molar-refractivity contribution >= 4 is 5.97 Å². The van der Waals surface area contributed by atoms with E-state index in [1.165, 1.54) is 0 Å². The molecule has 19 heavy (non-hydrogen) atoms. The van der Waals surface area contributed by atoms with E-state index >= 15 is 0 Å². The van der Waals surface area contributed by atoms with Crippen molar-refractivity contribution in [1.82, 2.24) is 0 Å². The van der Waals surface area contributed by atoms with Gasteiger partial charge in [0, 0.05) is 12.0 Å². The summed E-state index contributed by atoms with van der Waals surface area (Å²) in [7, 11) is 0. The molecule has 0 saturated carbocycles. The second-order valence-corrected chi connectivity index (χ2v) is 4.26. The van der Waals surface area contributed by atoms with Gasteiger partial charge in [0.2, 0.25) is 6.29 Å². The summed E-state index contributed by atoms with van der Waals surface area (Å²) in [6.07, 6.45) is 0.830. The van der Waals surface area contributed by atoms with E-state index in [4.69, 9.17) is 14.5 Å². The Labute approximate surface area is 109 Å². The smallest absolute Gasteiger partial charge is 0.344 e. The van der Waals surface area contributed by atoms with E-state index in [0.717, 1.165) is 5.56 Å². The fourth-order valence-corrected chi connectivity index (χ4v) is 2.12. The van der Waals surface area contributed by atoms with Gasteiger partial charge in [-0.1, -0.05) is 30.3 Å². The minimum absolute atomic E-state index is 0.258. The van der Waals surface area contributed by atoms with Crippen molar-refractivity contribution in [3.8, 4) is 0 Å². The summed E-state index contributed by atoms with van der Waals surface area (Å²) in [5.74, 6) is -0.275. The Hall–Kier alpha value is -2.11. The zero-order valence-corrected chi connectivity index (χ0v) is 10.0. The predicted octanol–water partition coefficient (Wildman–Crippen LogP) is 1.25. The number of esters is 1. The molecule has 5 nitrogen and oxygen atoms in total. The summed E-state index contributed by atoms with van der Waals surface area (Å²) in [5.41, 5.74) is 1.73. The molecule has 1 unspecified atom stereocenters. The van der Waals surface area contributed by atoms with Crippen LogP contribution in [0.3, 0.4) is 0 Å². The first-order chi connectivity index (χ1) is 9.25. The Bertz CT molecular complexity index is 558. The minimum Gasteiger partial charge on any atom is -0.428 e. The molecule has 1 aromatic carbocycles. The number of rotatable bonds is 3. The molecule has 0 bridgehead atoms. The van der Waals surface area contributed by atoms with Crippen LogP contribution in [0.15, 0.2) is 53.3 Å². The molecule has 0 saturated heterocycles. The molecule has 98 valence electrons. The monoisotopic (exact) mass is 260 g/mol. The van der Waals surface area contributed by atoms with Crippen LogP contribution in [0.1, 0.15) is 5.56 Å². The predicted molar refractivity (Wildman–Crippen MR) is 64.4 cm³/mol. The molecule has 2 aliphatic rings. The van der Waals surface area contributed by atoms with Crippen molar-refractivity contribution in [3.63, 3.8) is 0 Å². The third kappa shape index (κ3) is 2.25. The summed E-state index contributed by atoms with van der Waals surface area (Å²) >= 11 is 0. The molecule has 2 aliphatic heterocycles. The molecule has 0 radical (unpaired) electrons. The largest absolute Gasteiger partial charge is 0.428 e. The maximum absolute atomic E-state index is 11.8. The van der Waals surface area contributed by atoms with Gasteiger partial charge in [-0.15, -0.1) is 0 Å². The van der Waals surface area contributed by atoms with E-state index in [-0.39, 0.29) is 12.2 Å². The van der Waals surface area contributed by atoms with Crippen LogP contribution in [0.2, 0.25) is 0 Å². The Morgan fingerprint density at radius 2 is 2.05 bits per heavy atom. The van der Waals surface area contributed by atoms with E-state index in [1.807, 2.05) is 30.3 Å². The van der Waals surface area contributed by atoms with E-state index in [1.54, 1.807) is 6.08 Å². The highest BCUT2D eigenvalue weighted by atomic mass is 17.2. The molecular weight excluding hydrogens is 248 g/mol. The van der Waals surface area contributed by atoms with Gasteiger partial charge < -0.3 is 14.7 Å². The first-order valence-corrected chi connectivity index (χ1v) is 5.92. The molecule has 0 fully saturated rings. The summed E-state index contributed by atoms with van der Waals surface area (Å²) < 4.78 is 4.84. The van der Waals surface area contributed by atoms with Gasteiger partial charge in [-0.3, -0.25) is 0 Å². The van der Waals surface area contributed by atoms with Crippen LogP contribution in [0.25, 0.3) is 0 Å². The molecule has 1 N–H and O–H groups in total. The van der Waals surface area contributed by atoms with Gasteiger partial charge in [0.25, 0.3) is 0 Å². The number of carbonyl (C=O) groups is 1. The average Bonchev–Trinajstić information content (AvgIpc) is 3.00. The highest BCUT2D eigenvalue weighted by Gasteiger charge is 2.37. The number of cyclic esters (lactones) is 1. The summed E-state index contributed by atoms with van der Waals surface area (Å²) in [5, 5.41) is 9.83. The molecule has 3 rings (SSSR count). The van der Waals surface area contributed by atoms with Gasteiger partial charge in [-0.2, -0.15) is 4.89 Å². The van der Waals surface area contributed by atoms with Crippen LogP contribution in [-0.2, 0) is 25.7 Å². The maximum atomic E-state index is 11.8. The van der Waals surface area contributed by atoms with Gasteiger partial charge in [0.15, 0.2) is 5.76 Å². The normalized spacial score (nSPS) is 22.3. The lowest BCUT2D eigenvalue weighted by Crippen LogP contribution is -2.11. The first kappa shape index (κ1) is 12.0. The van der Waals surface area contributed by atoms with Gasteiger partial charge in [-0.25, -0.2) is 4.79 Å². The summed E-state index contributed by atoms with van der Waals surface area (Å²) in [6.45, 7) is 0.279. The highest BCUT2D eigenvalue weighted by Crippen LogP contribution is 2.31. The zero-order chi connectivity index (χ0) is 13.2. The van der Waals surface area contributed by atoms with Crippen LogP contribution in [0.5, 0.6) is 0 Å². The molecule has 1 atom stereocenters. The number of hydrogen-bond acceptors (Lipinski definition) is 5. The Morgan fingerprint density at radius 1 is 1.26 bits per heavy atom. The topological polar surface area (TPSA) is 65.0 Å². The van der Waals surface area contributed by atoms with E-state index in [0.29, 0.717) is 17.8 Å². The van der Waals surface area contributed by atoms with Gasteiger partial charge >= 0.3 is 5.97 Å². The molecule has 0 spiro atoms. The molecule has 5 heteroatoms. The Kier molecular flexibility index (Phi) is 3.06. The SMILES string of the molecule is O=C1OC(O)C(Cc2ccccc2)=C1C1=CCOO1. The van der Waals surface area contributed by atoms with E-state index in [9.17, 15) is 9.90 Å². The van der Waals surface area contributed by atoms with Crippen molar-refractivity contribution in [2.24, 2.45) is 0 Å². The minimum atomic E-state index is -1.23. The van der Waals surface area contributed by atoms with Crippen molar-refractivity contribution in [1.29, 1.82) is 0 Å². The number of ether oxygens (including phenoxy) is 1. The van der Waals surface area contributed by atoms with Crippen LogP contribution in [-0.4, -0.2) is 24.0 Å². The van der Waals surface area contributed by atoms with Crippen molar-refractivity contribution in [3.05, 3.63) is 58.9 Å². The van der Waals surface area contributed by atoms with Crippen LogP contribution in [0.4, 0.5) is 0 Å². The average molecular weight is 260 g/mol. The van der Waals surface area contributed by atoms with Crippen molar-refractivity contribution in [2.45, 2.75) is 12.7 Å². The van der Waals surface area contributed by atoms with Gasteiger partial charge in [0.05, 0.1) is 0 Å². The fourth-order valence-electron chi connectivity index (χ4n) is 2.12. The zero-order valence-electron chi connectivity index (χ0n) is 10.0. The lowest BCUT2D eigenvalue weighted by Gasteiger charge is -2.08. The highest BCUT2D eigenvalue weighted by molar-refractivity contribution is 5.96. The number of aliphatic hydroxyl groups excluding tert-OH is 1. The quantitative estimate of drug-likeness (QED) is 0.654. The van der Waals surface area contributed by atoms with Crippen molar-refractivity contribution < 1.29 is 24.4 Å². The lowest BCUT2D eigenvalue weighted by molar-refractivity contribution is -0.231. The molecule has 0 aliphatic carbocycles. The first-order valence-electron chi connectivity index (χ1n) is 5.92. The van der Waals surface area contributed by atoms with Crippen LogP contribution in [0, 0.1) is 0 Å².